The van der Waals surface area contributed by atoms with Gasteiger partial charge in [0.15, 0.2) is 5.15 Å². The quantitative estimate of drug-likeness (QED) is 0.185. The molecule has 0 aliphatic rings. The molecule has 2 aromatic carbocycles. The molecule has 0 bridgehead atoms. The van der Waals surface area contributed by atoms with Gasteiger partial charge in [0.2, 0.25) is 5.91 Å². The van der Waals surface area contributed by atoms with Crippen molar-refractivity contribution in [3.05, 3.63) is 100 Å². The second-order valence-electron chi connectivity index (χ2n) is 9.20. The van der Waals surface area contributed by atoms with Crippen LogP contribution in [0.4, 0.5) is 10.5 Å². The van der Waals surface area contributed by atoms with E-state index < -0.39 is 18.0 Å². The summed E-state index contributed by atoms with van der Waals surface area (Å²) in [5, 5.41) is 39.1. The average Bonchev–Trinajstić information content (AvgIpc) is 3.69. The van der Waals surface area contributed by atoms with Crippen LogP contribution in [0.5, 0.6) is 0 Å². The molecule has 0 spiro atoms. The number of aromatic nitrogens is 8. The number of aryl methyl sites for hydroxylation is 1. The fraction of sp³-hybridized carbons (Fsp3) is 0.143. The van der Waals surface area contributed by atoms with Crippen LogP contribution in [0.25, 0.3) is 22.9 Å². The van der Waals surface area contributed by atoms with Crippen LogP contribution in [-0.2, 0) is 17.8 Å². The number of anilines is 1. The fourth-order valence-electron chi connectivity index (χ4n) is 4.27. The number of hydrogen-bond acceptors (Lipinski definition) is 8. The van der Waals surface area contributed by atoms with Gasteiger partial charge in [0.1, 0.15) is 6.33 Å². The molecule has 218 valence electrons. The summed E-state index contributed by atoms with van der Waals surface area (Å²) in [5.41, 5.74) is 4.12. The van der Waals surface area contributed by atoms with Crippen molar-refractivity contribution in [2.45, 2.75) is 25.9 Å². The zero-order valence-corrected chi connectivity index (χ0v) is 24.1. The third-order valence-electron chi connectivity index (χ3n) is 6.32. The Kier molecular flexibility index (Phi) is 9.03. The number of halogens is 2. The lowest BCUT2D eigenvalue weighted by Gasteiger charge is -2.17. The SMILES string of the molecule is CCn1ccc(CC(NC(=O)C=Cc2cc(Cl)ccc2-n2cnnn2)c2cc(-c3ccc(NC(=O)O)cc3)c(Cl)nn2)n1. The van der Waals surface area contributed by atoms with E-state index in [2.05, 4.69) is 41.5 Å². The van der Waals surface area contributed by atoms with Crippen molar-refractivity contribution in [2.75, 3.05) is 5.32 Å². The van der Waals surface area contributed by atoms with Crippen molar-refractivity contribution < 1.29 is 14.7 Å². The van der Waals surface area contributed by atoms with Crippen LogP contribution in [0.2, 0.25) is 10.2 Å². The van der Waals surface area contributed by atoms with Gasteiger partial charge in [0.05, 0.1) is 23.1 Å². The lowest BCUT2D eigenvalue weighted by atomic mass is 10.0. The third kappa shape index (κ3) is 7.39. The molecule has 0 aliphatic carbocycles. The molecule has 3 N–H and O–H groups in total. The van der Waals surface area contributed by atoms with Crippen LogP contribution in [0.15, 0.2) is 73.2 Å². The lowest BCUT2D eigenvalue weighted by Crippen LogP contribution is -2.29. The Morgan fingerprint density at radius 1 is 1.07 bits per heavy atom. The number of carbonyl (C=O) groups is 2. The Hall–Kier alpha value is -5.14. The first-order valence-corrected chi connectivity index (χ1v) is 13.7. The van der Waals surface area contributed by atoms with E-state index in [-0.39, 0.29) is 5.15 Å². The Morgan fingerprint density at radius 2 is 1.88 bits per heavy atom. The first-order chi connectivity index (χ1) is 20.8. The van der Waals surface area contributed by atoms with Gasteiger partial charge in [0, 0.05) is 47.1 Å². The molecule has 13 nitrogen and oxygen atoms in total. The highest BCUT2D eigenvalue weighted by Gasteiger charge is 2.20. The Bertz CT molecular complexity index is 1770. The highest BCUT2D eigenvalue weighted by atomic mass is 35.5. The molecule has 0 fully saturated rings. The first-order valence-electron chi connectivity index (χ1n) is 13.0. The summed E-state index contributed by atoms with van der Waals surface area (Å²) in [6.45, 7) is 2.68. The predicted molar refractivity (Wildman–Crippen MR) is 160 cm³/mol. The van der Waals surface area contributed by atoms with Crippen LogP contribution < -0.4 is 10.6 Å². The summed E-state index contributed by atoms with van der Waals surface area (Å²) in [5.74, 6) is -0.398. The van der Waals surface area contributed by atoms with Crippen LogP contribution in [-0.4, -0.2) is 57.3 Å². The minimum absolute atomic E-state index is 0.152. The second kappa shape index (κ2) is 13.2. The molecule has 3 aromatic heterocycles. The van der Waals surface area contributed by atoms with Gasteiger partial charge in [-0.25, -0.2) is 4.79 Å². The number of rotatable bonds is 10. The Morgan fingerprint density at radius 3 is 2.58 bits per heavy atom. The smallest absolute Gasteiger partial charge is 0.409 e. The number of benzene rings is 2. The van der Waals surface area contributed by atoms with E-state index >= 15 is 0 Å². The van der Waals surface area contributed by atoms with Crippen molar-refractivity contribution in [1.82, 2.24) is 45.5 Å². The Balaban J connectivity index is 1.43. The number of nitrogens with one attached hydrogen (secondary N) is 2. The number of nitrogens with zero attached hydrogens (tertiary/aromatic N) is 8. The van der Waals surface area contributed by atoms with E-state index in [9.17, 15) is 9.59 Å². The largest absolute Gasteiger partial charge is 0.465 e. The maximum absolute atomic E-state index is 13.2. The third-order valence-corrected chi connectivity index (χ3v) is 6.84. The summed E-state index contributed by atoms with van der Waals surface area (Å²) >= 11 is 12.6. The maximum Gasteiger partial charge on any atom is 0.409 e. The lowest BCUT2D eigenvalue weighted by molar-refractivity contribution is -0.117. The van der Waals surface area contributed by atoms with Gasteiger partial charge >= 0.3 is 6.09 Å². The minimum atomic E-state index is -1.17. The molecule has 5 aromatic rings. The molecule has 15 heteroatoms. The van der Waals surface area contributed by atoms with Crippen LogP contribution in [0.1, 0.15) is 29.9 Å². The highest BCUT2D eigenvalue weighted by Crippen LogP contribution is 2.30. The summed E-state index contributed by atoms with van der Waals surface area (Å²) in [4.78, 5) is 24.2. The van der Waals surface area contributed by atoms with Crippen LogP contribution >= 0.6 is 23.2 Å². The second-order valence-corrected chi connectivity index (χ2v) is 9.99. The van der Waals surface area contributed by atoms with Crippen molar-refractivity contribution in [3.63, 3.8) is 0 Å². The summed E-state index contributed by atoms with van der Waals surface area (Å²) in [7, 11) is 0. The topological polar surface area (TPSA) is 166 Å². The van der Waals surface area contributed by atoms with E-state index in [1.165, 1.54) is 17.1 Å². The molecule has 1 atom stereocenters. The molecule has 3 heterocycles. The van der Waals surface area contributed by atoms with Gasteiger partial charge in [-0.3, -0.25) is 14.8 Å². The van der Waals surface area contributed by atoms with E-state index in [1.54, 1.807) is 59.3 Å². The van der Waals surface area contributed by atoms with Crippen LogP contribution in [0, 0.1) is 0 Å². The van der Waals surface area contributed by atoms with Gasteiger partial charge < -0.3 is 10.4 Å². The molecule has 0 radical (unpaired) electrons. The summed E-state index contributed by atoms with van der Waals surface area (Å²) in [6.07, 6.45) is 5.47. The normalized spacial score (nSPS) is 11.9. The zero-order valence-electron chi connectivity index (χ0n) is 22.6. The number of tetrazole rings is 1. The first kappa shape index (κ1) is 29.4. The molecule has 0 aliphatic heterocycles. The summed E-state index contributed by atoms with van der Waals surface area (Å²) < 4.78 is 3.26. The molecular weight excluding hydrogens is 595 g/mol. The van der Waals surface area contributed by atoms with E-state index in [1.807, 2.05) is 19.2 Å². The molecule has 2 amide bonds. The number of carboxylic acid groups (broad SMARTS) is 1. The maximum atomic E-state index is 13.2. The van der Waals surface area contributed by atoms with E-state index in [0.717, 1.165) is 5.69 Å². The number of carbonyl (C=O) groups excluding carboxylic acids is 1. The standard InChI is InChI=1S/C28H24Cl2N10O3/c1-2-39-12-11-21(36-39)14-23(24-15-22(27(30)35-34-24)17-3-7-20(8-4-17)32-28(42)43)33-26(41)10-5-18-13-19(29)6-9-25(18)40-16-31-37-38-40/h3-13,15-16,23,32H,2,14H2,1H3,(H,33,41)(H,42,43). The van der Waals surface area contributed by atoms with Crippen molar-refractivity contribution in [3.8, 4) is 16.8 Å². The molecule has 1 unspecified atom stereocenters. The van der Waals surface area contributed by atoms with E-state index in [4.69, 9.17) is 28.3 Å². The molecule has 0 saturated heterocycles. The van der Waals surface area contributed by atoms with Gasteiger partial charge in [-0.05, 0) is 71.5 Å². The van der Waals surface area contributed by atoms with Crippen molar-refractivity contribution in [2.24, 2.45) is 0 Å². The van der Waals surface area contributed by atoms with Crippen molar-refractivity contribution in [1.29, 1.82) is 0 Å². The Labute approximate surface area is 255 Å². The predicted octanol–water partition coefficient (Wildman–Crippen LogP) is 4.85. The minimum Gasteiger partial charge on any atom is -0.465 e. The zero-order chi connectivity index (χ0) is 30.3. The van der Waals surface area contributed by atoms with Crippen LogP contribution in [0.3, 0.4) is 0 Å². The molecule has 0 saturated carbocycles. The average molecular weight is 619 g/mol. The number of amides is 2. The van der Waals surface area contributed by atoms with Crippen molar-refractivity contribution >= 4 is 47.0 Å². The van der Waals surface area contributed by atoms with Gasteiger partial charge in [-0.15, -0.1) is 10.2 Å². The molecule has 43 heavy (non-hydrogen) atoms. The number of hydrogen-bond donors (Lipinski definition) is 3. The van der Waals surface area contributed by atoms with Gasteiger partial charge in [-0.2, -0.15) is 14.9 Å². The molecular formula is C28H24Cl2N10O3. The van der Waals surface area contributed by atoms with E-state index in [0.29, 0.717) is 51.7 Å². The van der Waals surface area contributed by atoms with Gasteiger partial charge in [-0.1, -0.05) is 35.3 Å². The highest BCUT2D eigenvalue weighted by molar-refractivity contribution is 6.32. The fourth-order valence-corrected chi connectivity index (χ4v) is 4.65. The monoisotopic (exact) mass is 618 g/mol. The van der Waals surface area contributed by atoms with Gasteiger partial charge in [0.25, 0.3) is 0 Å². The molecule has 5 rings (SSSR count). The summed E-state index contributed by atoms with van der Waals surface area (Å²) in [6, 6.07) is 14.8.